The highest BCUT2D eigenvalue weighted by molar-refractivity contribution is 7.18. The van der Waals surface area contributed by atoms with E-state index >= 15 is 0 Å². The summed E-state index contributed by atoms with van der Waals surface area (Å²) in [5.41, 5.74) is 6.49. The molecule has 0 unspecified atom stereocenters. The third-order valence-corrected chi connectivity index (χ3v) is 3.23. The molecule has 0 bridgehead atoms. The second-order valence-electron chi connectivity index (χ2n) is 2.67. The fraction of sp³-hybridized carbons (Fsp3) is 0.111. The smallest absolute Gasteiger partial charge is 0.122 e. The van der Waals surface area contributed by atoms with E-state index in [1.807, 2.05) is 11.4 Å². The van der Waals surface area contributed by atoms with Gasteiger partial charge in [-0.2, -0.15) is 0 Å². The van der Waals surface area contributed by atoms with Crippen LogP contribution in [0.15, 0.2) is 17.5 Å². The second kappa shape index (κ2) is 3.09. The van der Waals surface area contributed by atoms with Crippen molar-refractivity contribution >= 4 is 38.7 Å². The highest BCUT2D eigenvalue weighted by Gasteiger charge is 2.07. The van der Waals surface area contributed by atoms with Gasteiger partial charge in [0.05, 0.1) is 12.1 Å². The lowest BCUT2D eigenvalue weighted by Crippen LogP contribution is -1.88. The van der Waals surface area contributed by atoms with Gasteiger partial charge in [0, 0.05) is 27.2 Å². The molecule has 0 radical (unpaired) electrons. The first-order valence-corrected chi connectivity index (χ1v) is 4.98. The van der Waals surface area contributed by atoms with Crippen molar-refractivity contribution in [3.63, 3.8) is 0 Å². The number of halogens is 1. The van der Waals surface area contributed by atoms with E-state index in [0.717, 1.165) is 15.8 Å². The number of anilines is 1. The zero-order valence-electron chi connectivity index (χ0n) is 7.00. The molecule has 0 aliphatic carbocycles. The summed E-state index contributed by atoms with van der Waals surface area (Å²) in [6.07, 6.45) is 0. The minimum atomic E-state index is 0.667. The predicted molar refractivity (Wildman–Crippen MR) is 57.8 cm³/mol. The Morgan fingerprint density at radius 2 is 2.23 bits per heavy atom. The van der Waals surface area contributed by atoms with Crippen LogP contribution in [0.25, 0.3) is 10.1 Å². The predicted octanol–water partition coefficient (Wildman–Crippen LogP) is 3.15. The highest BCUT2D eigenvalue weighted by Crippen LogP contribution is 2.36. The summed E-state index contributed by atoms with van der Waals surface area (Å²) in [4.78, 5) is 0. The molecule has 0 aliphatic heterocycles. The fourth-order valence-electron chi connectivity index (χ4n) is 1.25. The SMILES string of the molecule is COc1cc(N)c2c(Cl)csc2c1. The van der Waals surface area contributed by atoms with E-state index in [-0.39, 0.29) is 0 Å². The number of benzene rings is 1. The molecule has 0 aliphatic rings. The Morgan fingerprint density at radius 1 is 1.46 bits per heavy atom. The molecular formula is C9H8ClNOS. The van der Waals surface area contributed by atoms with Gasteiger partial charge in [0.1, 0.15) is 5.75 Å². The number of thiophene rings is 1. The van der Waals surface area contributed by atoms with Crippen LogP contribution < -0.4 is 10.5 Å². The van der Waals surface area contributed by atoms with Gasteiger partial charge >= 0.3 is 0 Å². The van der Waals surface area contributed by atoms with Crippen LogP contribution in [0.4, 0.5) is 5.69 Å². The summed E-state index contributed by atoms with van der Waals surface area (Å²) < 4.78 is 6.15. The first kappa shape index (κ1) is 8.66. The Morgan fingerprint density at radius 3 is 2.92 bits per heavy atom. The molecule has 13 heavy (non-hydrogen) atoms. The molecule has 1 heterocycles. The fourth-order valence-corrected chi connectivity index (χ4v) is 2.53. The third kappa shape index (κ3) is 1.34. The van der Waals surface area contributed by atoms with Crippen LogP contribution in [-0.4, -0.2) is 7.11 Å². The zero-order valence-corrected chi connectivity index (χ0v) is 8.58. The van der Waals surface area contributed by atoms with Crippen LogP contribution in [-0.2, 0) is 0 Å². The molecule has 0 amide bonds. The molecule has 0 spiro atoms. The number of fused-ring (bicyclic) bond motifs is 1. The van der Waals surface area contributed by atoms with Gasteiger partial charge in [0.2, 0.25) is 0 Å². The lowest BCUT2D eigenvalue weighted by Gasteiger charge is -2.02. The monoisotopic (exact) mass is 213 g/mol. The Hall–Kier alpha value is -0.930. The summed E-state index contributed by atoms with van der Waals surface area (Å²) >= 11 is 7.53. The van der Waals surface area contributed by atoms with Gasteiger partial charge in [0.15, 0.2) is 0 Å². The largest absolute Gasteiger partial charge is 0.497 e. The summed E-state index contributed by atoms with van der Waals surface area (Å²) in [6.45, 7) is 0. The number of methoxy groups -OCH3 is 1. The Bertz CT molecular complexity index is 452. The van der Waals surface area contributed by atoms with Crippen molar-refractivity contribution in [2.75, 3.05) is 12.8 Å². The van der Waals surface area contributed by atoms with Gasteiger partial charge in [-0.25, -0.2) is 0 Å². The number of nitrogens with two attached hydrogens (primary N) is 1. The van der Waals surface area contributed by atoms with Crippen molar-refractivity contribution in [1.29, 1.82) is 0 Å². The maximum atomic E-state index is 5.96. The minimum Gasteiger partial charge on any atom is -0.497 e. The summed E-state index contributed by atoms with van der Waals surface area (Å²) in [5.74, 6) is 0.767. The van der Waals surface area contributed by atoms with Gasteiger partial charge < -0.3 is 10.5 Å². The van der Waals surface area contributed by atoms with Gasteiger partial charge in [-0.3, -0.25) is 0 Å². The van der Waals surface area contributed by atoms with Crippen molar-refractivity contribution < 1.29 is 4.74 Å². The van der Waals surface area contributed by atoms with Gasteiger partial charge in [-0.1, -0.05) is 11.6 Å². The van der Waals surface area contributed by atoms with Crippen molar-refractivity contribution in [2.24, 2.45) is 0 Å². The Kier molecular flexibility index (Phi) is 2.06. The molecule has 0 saturated heterocycles. The van der Waals surface area contributed by atoms with Crippen LogP contribution >= 0.6 is 22.9 Å². The maximum absolute atomic E-state index is 5.96. The molecule has 1 aromatic carbocycles. The van der Waals surface area contributed by atoms with Crippen molar-refractivity contribution in [3.8, 4) is 5.75 Å². The van der Waals surface area contributed by atoms with Crippen LogP contribution in [0.3, 0.4) is 0 Å². The topological polar surface area (TPSA) is 35.2 Å². The van der Waals surface area contributed by atoms with E-state index in [9.17, 15) is 0 Å². The van der Waals surface area contributed by atoms with Crippen molar-refractivity contribution in [2.45, 2.75) is 0 Å². The summed E-state index contributed by atoms with van der Waals surface area (Å²) in [6, 6.07) is 3.71. The molecule has 0 atom stereocenters. The van der Waals surface area contributed by atoms with E-state index in [2.05, 4.69) is 0 Å². The first-order chi connectivity index (χ1) is 6.22. The Labute approximate surface area is 84.9 Å². The first-order valence-electron chi connectivity index (χ1n) is 3.72. The standard InChI is InChI=1S/C9H8ClNOS/c1-12-5-2-7(11)9-6(10)4-13-8(9)3-5/h2-4H,11H2,1H3. The van der Waals surface area contributed by atoms with E-state index in [0.29, 0.717) is 10.7 Å². The van der Waals surface area contributed by atoms with E-state index in [4.69, 9.17) is 22.1 Å². The van der Waals surface area contributed by atoms with Crippen molar-refractivity contribution in [1.82, 2.24) is 0 Å². The molecule has 2 N–H and O–H groups in total. The molecule has 4 heteroatoms. The van der Waals surface area contributed by atoms with E-state index in [1.165, 1.54) is 0 Å². The second-order valence-corrected chi connectivity index (χ2v) is 3.99. The zero-order chi connectivity index (χ0) is 9.42. The summed E-state index contributed by atoms with van der Waals surface area (Å²) in [5, 5.41) is 3.51. The van der Waals surface area contributed by atoms with Gasteiger partial charge in [-0.05, 0) is 6.07 Å². The van der Waals surface area contributed by atoms with Gasteiger partial charge in [-0.15, -0.1) is 11.3 Å². The van der Waals surface area contributed by atoms with Crippen molar-refractivity contribution in [3.05, 3.63) is 22.5 Å². The van der Waals surface area contributed by atoms with Crippen LogP contribution in [0.2, 0.25) is 5.02 Å². The molecule has 0 fully saturated rings. The average molecular weight is 214 g/mol. The molecular weight excluding hydrogens is 206 g/mol. The Balaban J connectivity index is 2.79. The number of rotatable bonds is 1. The normalized spacial score (nSPS) is 10.6. The number of ether oxygens (including phenoxy) is 1. The molecule has 2 nitrogen and oxygen atoms in total. The number of nitrogen functional groups attached to an aromatic ring is 1. The quantitative estimate of drug-likeness (QED) is 0.739. The molecule has 0 saturated carbocycles. The van der Waals surface area contributed by atoms with Crippen LogP contribution in [0, 0.1) is 0 Å². The van der Waals surface area contributed by atoms with Gasteiger partial charge in [0.25, 0.3) is 0 Å². The summed E-state index contributed by atoms with van der Waals surface area (Å²) in [7, 11) is 1.62. The van der Waals surface area contributed by atoms with E-state index in [1.54, 1.807) is 24.5 Å². The molecule has 2 aromatic rings. The maximum Gasteiger partial charge on any atom is 0.122 e. The molecule has 2 rings (SSSR count). The average Bonchev–Trinajstić information content (AvgIpc) is 2.48. The van der Waals surface area contributed by atoms with E-state index < -0.39 is 0 Å². The number of hydrogen-bond donors (Lipinski definition) is 1. The number of hydrogen-bond acceptors (Lipinski definition) is 3. The molecule has 1 aromatic heterocycles. The highest BCUT2D eigenvalue weighted by atomic mass is 35.5. The minimum absolute atomic E-state index is 0.667. The lowest BCUT2D eigenvalue weighted by molar-refractivity contribution is 0.415. The third-order valence-electron chi connectivity index (χ3n) is 1.87. The van der Waals surface area contributed by atoms with Crippen LogP contribution in [0.5, 0.6) is 5.75 Å². The van der Waals surface area contributed by atoms with Crippen LogP contribution in [0.1, 0.15) is 0 Å². The molecule has 68 valence electrons. The lowest BCUT2D eigenvalue weighted by atomic mass is 10.2.